The summed E-state index contributed by atoms with van der Waals surface area (Å²) in [5.41, 5.74) is 0. The van der Waals surface area contributed by atoms with Crippen LogP contribution < -0.4 is 14.8 Å². The van der Waals surface area contributed by atoms with E-state index in [1.165, 1.54) is 0 Å². The van der Waals surface area contributed by atoms with Gasteiger partial charge in [0.1, 0.15) is 12.7 Å². The third kappa shape index (κ3) is 4.13. The molecule has 104 valence electrons. The van der Waals surface area contributed by atoms with Gasteiger partial charge in [-0.25, -0.2) is 0 Å². The molecule has 1 atom stereocenters. The molecule has 0 unspecified atom stereocenters. The van der Waals surface area contributed by atoms with E-state index in [0.29, 0.717) is 32.8 Å². The summed E-state index contributed by atoms with van der Waals surface area (Å²) in [7, 11) is 0. The van der Waals surface area contributed by atoms with Crippen molar-refractivity contribution in [2.45, 2.75) is 19.4 Å². The second-order valence-electron chi connectivity index (χ2n) is 4.25. The van der Waals surface area contributed by atoms with E-state index in [9.17, 15) is 4.79 Å². The number of hydrogen-bond donors (Lipinski definition) is 1. The quantitative estimate of drug-likeness (QED) is 0.789. The molecule has 1 aromatic carbocycles. The second-order valence-corrected chi connectivity index (χ2v) is 4.25. The van der Waals surface area contributed by atoms with Crippen LogP contribution in [-0.2, 0) is 9.53 Å². The fraction of sp³-hybridized carbons (Fsp3) is 0.500. The van der Waals surface area contributed by atoms with E-state index in [1.807, 2.05) is 31.2 Å². The minimum atomic E-state index is -0.147. The molecule has 1 aromatic rings. The fourth-order valence-electron chi connectivity index (χ4n) is 1.79. The van der Waals surface area contributed by atoms with Crippen LogP contribution in [0.5, 0.6) is 11.5 Å². The van der Waals surface area contributed by atoms with E-state index in [1.54, 1.807) is 0 Å². The van der Waals surface area contributed by atoms with Gasteiger partial charge in [-0.3, -0.25) is 4.79 Å². The fourth-order valence-corrected chi connectivity index (χ4v) is 1.79. The Hall–Kier alpha value is -1.75. The highest BCUT2D eigenvalue weighted by Gasteiger charge is 2.20. The average molecular weight is 265 g/mol. The lowest BCUT2D eigenvalue weighted by Crippen LogP contribution is -2.40. The van der Waals surface area contributed by atoms with Gasteiger partial charge in [0, 0.05) is 13.0 Å². The van der Waals surface area contributed by atoms with Gasteiger partial charge < -0.3 is 19.5 Å². The van der Waals surface area contributed by atoms with Crippen LogP contribution in [0.25, 0.3) is 0 Å². The molecule has 0 aliphatic carbocycles. The molecule has 1 aliphatic rings. The van der Waals surface area contributed by atoms with Crippen molar-refractivity contribution in [3.8, 4) is 11.5 Å². The topological polar surface area (TPSA) is 56.8 Å². The van der Waals surface area contributed by atoms with E-state index in [0.717, 1.165) is 11.5 Å². The molecule has 1 aliphatic heterocycles. The molecule has 0 saturated carbocycles. The Morgan fingerprint density at radius 2 is 2.21 bits per heavy atom. The van der Waals surface area contributed by atoms with Gasteiger partial charge in [-0.2, -0.15) is 0 Å². The minimum absolute atomic E-state index is 0.0316. The lowest BCUT2D eigenvalue weighted by Gasteiger charge is -2.26. The molecule has 0 spiro atoms. The van der Waals surface area contributed by atoms with Gasteiger partial charge in [0.15, 0.2) is 11.5 Å². The van der Waals surface area contributed by atoms with Crippen LogP contribution in [-0.4, -0.2) is 38.4 Å². The van der Waals surface area contributed by atoms with Crippen LogP contribution in [0.4, 0.5) is 0 Å². The van der Waals surface area contributed by atoms with Gasteiger partial charge in [0.05, 0.1) is 13.2 Å². The molecule has 1 N–H and O–H groups in total. The van der Waals surface area contributed by atoms with E-state index in [4.69, 9.17) is 14.2 Å². The predicted molar refractivity (Wildman–Crippen MR) is 70.5 cm³/mol. The smallest absolute Gasteiger partial charge is 0.222 e. The van der Waals surface area contributed by atoms with Crippen molar-refractivity contribution in [1.82, 2.24) is 5.32 Å². The number of benzene rings is 1. The molecular weight excluding hydrogens is 246 g/mol. The molecule has 5 heteroatoms. The number of carbonyl (C=O) groups excluding carboxylic acids is 1. The van der Waals surface area contributed by atoms with Crippen LogP contribution in [0.3, 0.4) is 0 Å². The average Bonchev–Trinajstić information content (AvgIpc) is 2.45. The zero-order chi connectivity index (χ0) is 13.5. The number of amides is 1. The first kappa shape index (κ1) is 13.7. The van der Waals surface area contributed by atoms with E-state index in [2.05, 4.69) is 5.32 Å². The Balaban J connectivity index is 1.72. The molecule has 0 saturated heterocycles. The molecule has 1 heterocycles. The second kappa shape index (κ2) is 6.99. The summed E-state index contributed by atoms with van der Waals surface area (Å²) in [4.78, 5) is 11.5. The van der Waals surface area contributed by atoms with Crippen molar-refractivity contribution in [2.75, 3.05) is 26.4 Å². The first-order valence-corrected chi connectivity index (χ1v) is 6.52. The maximum atomic E-state index is 11.5. The van der Waals surface area contributed by atoms with Gasteiger partial charge in [-0.15, -0.1) is 0 Å². The number of fused-ring (bicyclic) bond motifs is 1. The first-order chi connectivity index (χ1) is 9.29. The van der Waals surface area contributed by atoms with Crippen molar-refractivity contribution in [3.63, 3.8) is 0 Å². The lowest BCUT2D eigenvalue weighted by molar-refractivity contribution is -0.122. The summed E-state index contributed by atoms with van der Waals surface area (Å²) in [5, 5.41) is 2.82. The van der Waals surface area contributed by atoms with Gasteiger partial charge in [0.2, 0.25) is 5.91 Å². The zero-order valence-electron chi connectivity index (χ0n) is 11.1. The molecule has 5 nitrogen and oxygen atoms in total. The van der Waals surface area contributed by atoms with Crippen molar-refractivity contribution in [1.29, 1.82) is 0 Å². The van der Waals surface area contributed by atoms with Crippen molar-refractivity contribution < 1.29 is 19.0 Å². The molecule has 19 heavy (non-hydrogen) atoms. The normalized spacial score (nSPS) is 17.0. The molecular formula is C14H19NO4. The predicted octanol–water partition coefficient (Wildman–Crippen LogP) is 1.37. The molecule has 0 fully saturated rings. The van der Waals surface area contributed by atoms with E-state index in [-0.39, 0.29) is 12.0 Å². The highest BCUT2D eigenvalue weighted by atomic mass is 16.6. The van der Waals surface area contributed by atoms with Crippen molar-refractivity contribution in [2.24, 2.45) is 0 Å². The lowest BCUT2D eigenvalue weighted by atomic mass is 10.2. The number of nitrogens with one attached hydrogen (secondary N) is 1. The highest BCUT2D eigenvalue weighted by Crippen LogP contribution is 2.30. The summed E-state index contributed by atoms with van der Waals surface area (Å²) in [5.74, 6) is 1.44. The molecule has 2 rings (SSSR count). The minimum Gasteiger partial charge on any atom is -0.486 e. The van der Waals surface area contributed by atoms with Gasteiger partial charge in [-0.05, 0) is 19.1 Å². The van der Waals surface area contributed by atoms with Crippen molar-refractivity contribution >= 4 is 5.91 Å². The summed E-state index contributed by atoms with van der Waals surface area (Å²) in [6.07, 6.45) is 0.226. The number of ether oxygens (including phenoxy) is 3. The van der Waals surface area contributed by atoms with Crippen LogP contribution >= 0.6 is 0 Å². The SMILES string of the molecule is CCOCCC(=O)NC[C@H]1COc2ccccc2O1. The van der Waals surface area contributed by atoms with Gasteiger partial charge >= 0.3 is 0 Å². The Labute approximate surface area is 112 Å². The van der Waals surface area contributed by atoms with E-state index >= 15 is 0 Å². The third-order valence-electron chi connectivity index (χ3n) is 2.77. The maximum Gasteiger partial charge on any atom is 0.222 e. The van der Waals surface area contributed by atoms with E-state index < -0.39 is 0 Å². The zero-order valence-corrected chi connectivity index (χ0v) is 11.1. The van der Waals surface area contributed by atoms with Crippen LogP contribution in [0.1, 0.15) is 13.3 Å². The summed E-state index contributed by atoms with van der Waals surface area (Å²) in [6, 6.07) is 7.52. The number of carbonyl (C=O) groups is 1. The Kier molecular flexibility index (Phi) is 5.03. The van der Waals surface area contributed by atoms with Gasteiger partial charge in [-0.1, -0.05) is 12.1 Å². The number of para-hydroxylation sites is 2. The number of hydrogen-bond acceptors (Lipinski definition) is 4. The largest absolute Gasteiger partial charge is 0.486 e. The molecule has 0 radical (unpaired) electrons. The van der Waals surface area contributed by atoms with Crippen molar-refractivity contribution in [3.05, 3.63) is 24.3 Å². The summed E-state index contributed by atoms with van der Waals surface area (Å²) in [6.45, 7) is 3.88. The molecule has 0 bridgehead atoms. The Bertz CT molecular complexity index is 422. The van der Waals surface area contributed by atoms with Crippen LogP contribution in [0.2, 0.25) is 0 Å². The summed E-state index contributed by atoms with van der Waals surface area (Å²) < 4.78 is 16.4. The monoisotopic (exact) mass is 265 g/mol. The van der Waals surface area contributed by atoms with Gasteiger partial charge in [0.25, 0.3) is 0 Å². The molecule has 0 aromatic heterocycles. The molecule has 1 amide bonds. The first-order valence-electron chi connectivity index (χ1n) is 6.52. The standard InChI is InChI=1S/C14H19NO4/c1-2-17-8-7-14(16)15-9-11-10-18-12-5-3-4-6-13(12)19-11/h3-6,11H,2,7-10H2,1H3,(H,15,16)/t11-/m0/s1. The van der Waals surface area contributed by atoms with Crippen LogP contribution in [0.15, 0.2) is 24.3 Å². The number of rotatable bonds is 6. The highest BCUT2D eigenvalue weighted by molar-refractivity contribution is 5.75. The summed E-state index contributed by atoms with van der Waals surface area (Å²) >= 11 is 0. The Morgan fingerprint density at radius 1 is 1.42 bits per heavy atom. The third-order valence-corrected chi connectivity index (χ3v) is 2.77. The Morgan fingerprint density at radius 3 is 3.00 bits per heavy atom. The van der Waals surface area contributed by atoms with Crippen LogP contribution in [0, 0.1) is 0 Å². The maximum absolute atomic E-state index is 11.5.